The number of hydrogen-bond donors (Lipinski definition) is 5. The van der Waals surface area contributed by atoms with Crippen molar-refractivity contribution in [1.29, 1.82) is 0 Å². The summed E-state index contributed by atoms with van der Waals surface area (Å²) < 4.78 is 18.2. The summed E-state index contributed by atoms with van der Waals surface area (Å²) in [5.41, 5.74) is 3.48. The zero-order valence-electron chi connectivity index (χ0n) is 23.0. The van der Waals surface area contributed by atoms with Gasteiger partial charge in [0.15, 0.2) is 23.2 Å². The van der Waals surface area contributed by atoms with Crippen molar-refractivity contribution in [2.75, 3.05) is 32.7 Å². The number of aliphatic hydroxyl groups is 2. The summed E-state index contributed by atoms with van der Waals surface area (Å²) in [4.78, 5) is 29.9. The molecule has 1 fully saturated rings. The first-order valence-electron chi connectivity index (χ1n) is 13.5. The maximum atomic E-state index is 13.3. The van der Waals surface area contributed by atoms with Crippen LogP contribution < -0.4 is 20.1 Å². The number of hydrogen-bond acceptors (Lipinski definition) is 10. The van der Waals surface area contributed by atoms with Crippen LogP contribution in [0.15, 0.2) is 61.3 Å². The van der Waals surface area contributed by atoms with Gasteiger partial charge in [-0.15, -0.1) is 0 Å². The Morgan fingerprint density at radius 1 is 1.12 bits per heavy atom. The highest BCUT2D eigenvalue weighted by atomic mass is 16.5. The highest BCUT2D eigenvalue weighted by Crippen LogP contribution is 2.33. The van der Waals surface area contributed by atoms with Crippen LogP contribution in [0.25, 0.3) is 22.1 Å². The zero-order chi connectivity index (χ0) is 29.2. The second-order valence-corrected chi connectivity index (χ2v) is 9.92. The van der Waals surface area contributed by atoms with Crippen LogP contribution in [0.5, 0.6) is 11.5 Å². The molecule has 0 saturated carbocycles. The molecular formula is C29H31N7O6. The number of ether oxygens (including phenoxy) is 3. The van der Waals surface area contributed by atoms with Crippen LogP contribution in [0.3, 0.4) is 0 Å². The van der Waals surface area contributed by atoms with E-state index in [2.05, 4.69) is 36.6 Å². The van der Waals surface area contributed by atoms with Crippen LogP contribution in [-0.4, -0.2) is 86.2 Å². The van der Waals surface area contributed by atoms with E-state index in [4.69, 9.17) is 14.2 Å². The topological polar surface area (TPSA) is 169 Å². The number of carbonyl (C=O) groups excluding carboxylic acids is 1. The van der Waals surface area contributed by atoms with Gasteiger partial charge in [0, 0.05) is 35.3 Å². The lowest BCUT2D eigenvalue weighted by Gasteiger charge is -2.23. The van der Waals surface area contributed by atoms with Gasteiger partial charge >= 0.3 is 0 Å². The van der Waals surface area contributed by atoms with Crippen molar-refractivity contribution >= 4 is 33.8 Å². The second kappa shape index (κ2) is 11.6. The lowest BCUT2D eigenvalue weighted by Crippen LogP contribution is -2.46. The molecule has 4 atom stereocenters. The van der Waals surface area contributed by atoms with Gasteiger partial charge in [0.25, 0.3) is 5.91 Å². The van der Waals surface area contributed by atoms with Crippen molar-refractivity contribution in [3.05, 3.63) is 72.4 Å². The third-order valence-corrected chi connectivity index (χ3v) is 7.46. The summed E-state index contributed by atoms with van der Waals surface area (Å²) in [7, 11) is 2.98. The van der Waals surface area contributed by atoms with E-state index in [1.165, 1.54) is 37.8 Å². The predicted molar refractivity (Wildman–Crippen MR) is 154 cm³/mol. The average Bonchev–Trinajstić information content (AvgIpc) is 3.73. The fraction of sp³-hybridized carbons (Fsp3) is 0.310. The van der Waals surface area contributed by atoms with E-state index in [1.807, 2.05) is 24.4 Å². The molecule has 4 heterocycles. The summed E-state index contributed by atoms with van der Waals surface area (Å²) in [6.45, 7) is 0.161. The Balaban J connectivity index is 1.23. The molecule has 1 amide bonds. The molecule has 5 N–H and O–H groups in total. The number of aromatic amines is 1. The minimum Gasteiger partial charge on any atom is -0.497 e. The molecule has 0 aliphatic carbocycles. The molecular weight excluding hydrogens is 542 g/mol. The normalized spacial score (nSPS) is 20.2. The van der Waals surface area contributed by atoms with Gasteiger partial charge in [-0.3, -0.25) is 9.36 Å². The standard InChI is InChI=1S/C29H31N7O6/c1-40-18-9-17(10-19(11-18)41-2)28(39)35-23-25(38)22(13-37)42-29(23)36-15-34-24-26(32-14-33-27(24)36)30-8-7-16-12-31-21-6-4-3-5-20(16)21/h3-6,9-12,14-15,22-23,25,29,31,37-38H,7-8,13H2,1-2H3,(H,35,39)(H,30,32,33)/t22-,23-,25-,29-/m1/s1. The summed E-state index contributed by atoms with van der Waals surface area (Å²) >= 11 is 0. The molecule has 218 valence electrons. The zero-order valence-corrected chi connectivity index (χ0v) is 23.0. The predicted octanol–water partition coefficient (Wildman–Crippen LogP) is 2.03. The van der Waals surface area contributed by atoms with Crippen molar-refractivity contribution in [2.24, 2.45) is 0 Å². The minimum atomic E-state index is -1.20. The average molecular weight is 574 g/mol. The number of carbonyl (C=O) groups is 1. The number of benzene rings is 2. The van der Waals surface area contributed by atoms with Gasteiger partial charge in [-0.25, -0.2) is 15.0 Å². The first-order chi connectivity index (χ1) is 20.5. The van der Waals surface area contributed by atoms with Crippen LogP contribution in [0.4, 0.5) is 5.82 Å². The Kier molecular flexibility index (Phi) is 7.61. The molecule has 1 aliphatic heterocycles. The molecule has 13 nitrogen and oxygen atoms in total. The highest BCUT2D eigenvalue weighted by Gasteiger charge is 2.46. The maximum absolute atomic E-state index is 13.3. The first-order valence-corrected chi connectivity index (χ1v) is 13.5. The van der Waals surface area contributed by atoms with Crippen LogP contribution in [-0.2, 0) is 11.2 Å². The van der Waals surface area contributed by atoms with E-state index in [-0.39, 0.29) is 5.56 Å². The second-order valence-electron chi connectivity index (χ2n) is 9.92. The third-order valence-electron chi connectivity index (χ3n) is 7.46. The largest absolute Gasteiger partial charge is 0.497 e. The molecule has 2 aromatic carbocycles. The van der Waals surface area contributed by atoms with Gasteiger partial charge in [-0.1, -0.05) is 18.2 Å². The fourth-order valence-electron chi connectivity index (χ4n) is 5.29. The summed E-state index contributed by atoms with van der Waals surface area (Å²) in [6.07, 6.45) is 2.65. The monoisotopic (exact) mass is 573 g/mol. The van der Waals surface area contributed by atoms with E-state index in [0.717, 1.165) is 11.9 Å². The number of rotatable bonds is 10. The summed E-state index contributed by atoms with van der Waals surface area (Å²) in [5.74, 6) is 0.936. The van der Waals surface area contributed by atoms with Crippen LogP contribution in [0.2, 0.25) is 0 Å². The van der Waals surface area contributed by atoms with E-state index in [0.29, 0.717) is 35.0 Å². The number of H-pyrrole nitrogens is 1. The maximum Gasteiger partial charge on any atom is 0.252 e. The first kappa shape index (κ1) is 27.4. The Hall–Kier alpha value is -4.72. The van der Waals surface area contributed by atoms with E-state index in [9.17, 15) is 15.0 Å². The number of fused-ring (bicyclic) bond motifs is 2. The quantitative estimate of drug-likeness (QED) is 0.167. The Bertz CT molecular complexity index is 1700. The fourth-order valence-corrected chi connectivity index (χ4v) is 5.29. The van der Waals surface area contributed by atoms with Gasteiger partial charge in [0.1, 0.15) is 36.1 Å². The summed E-state index contributed by atoms with van der Waals surface area (Å²) in [5, 5.41) is 28.2. The molecule has 1 saturated heterocycles. The van der Waals surface area contributed by atoms with Gasteiger partial charge in [-0.05, 0) is 30.2 Å². The van der Waals surface area contributed by atoms with Gasteiger partial charge in [-0.2, -0.15) is 0 Å². The van der Waals surface area contributed by atoms with Crippen molar-refractivity contribution in [3.63, 3.8) is 0 Å². The van der Waals surface area contributed by atoms with Crippen molar-refractivity contribution in [3.8, 4) is 11.5 Å². The molecule has 0 bridgehead atoms. The van der Waals surface area contributed by atoms with Crippen LogP contribution in [0, 0.1) is 0 Å². The van der Waals surface area contributed by atoms with Gasteiger partial charge < -0.3 is 40.0 Å². The van der Waals surface area contributed by atoms with Crippen LogP contribution >= 0.6 is 0 Å². The number of para-hydroxylation sites is 1. The number of nitrogens with zero attached hydrogens (tertiary/aromatic N) is 4. The number of aliphatic hydroxyl groups excluding tert-OH is 2. The number of aromatic nitrogens is 5. The molecule has 42 heavy (non-hydrogen) atoms. The lowest BCUT2D eigenvalue weighted by molar-refractivity contribution is -0.0440. The smallest absolute Gasteiger partial charge is 0.252 e. The molecule has 0 unspecified atom stereocenters. The lowest BCUT2D eigenvalue weighted by atomic mass is 10.1. The molecule has 13 heteroatoms. The number of nitrogens with one attached hydrogen (secondary N) is 3. The third kappa shape index (κ3) is 5.09. The molecule has 0 spiro atoms. The summed E-state index contributed by atoms with van der Waals surface area (Å²) in [6, 6.07) is 12.0. The Morgan fingerprint density at radius 3 is 2.67 bits per heavy atom. The molecule has 3 aromatic heterocycles. The van der Waals surface area contributed by atoms with E-state index in [1.54, 1.807) is 22.8 Å². The van der Waals surface area contributed by atoms with E-state index >= 15 is 0 Å². The number of methoxy groups -OCH3 is 2. The van der Waals surface area contributed by atoms with Gasteiger partial charge in [0.2, 0.25) is 0 Å². The minimum absolute atomic E-state index is 0.268. The van der Waals surface area contributed by atoms with E-state index < -0.39 is 37.0 Å². The number of imidazole rings is 1. The van der Waals surface area contributed by atoms with Crippen molar-refractivity contribution in [1.82, 2.24) is 29.8 Å². The van der Waals surface area contributed by atoms with Crippen molar-refractivity contribution < 1.29 is 29.2 Å². The molecule has 5 aromatic rings. The number of anilines is 1. The van der Waals surface area contributed by atoms with Gasteiger partial charge in [0.05, 0.1) is 27.2 Å². The van der Waals surface area contributed by atoms with Crippen LogP contribution in [0.1, 0.15) is 22.1 Å². The number of amides is 1. The van der Waals surface area contributed by atoms with Crippen molar-refractivity contribution in [2.45, 2.75) is 30.9 Å². The molecule has 6 rings (SSSR count). The Labute approximate surface area is 240 Å². The SMILES string of the molecule is COc1cc(OC)cc(C(=O)N[C@@H]2[C@H](O)[C@@H](CO)O[C@H]2n2cnc3c(NCCc4c[nH]c5ccccc45)ncnc32)c1. The highest BCUT2D eigenvalue weighted by molar-refractivity contribution is 5.95. The molecule has 0 radical (unpaired) electrons. The Morgan fingerprint density at radius 2 is 1.90 bits per heavy atom. The molecule has 1 aliphatic rings.